The lowest BCUT2D eigenvalue weighted by Crippen LogP contribution is -2.40. The Morgan fingerprint density at radius 2 is 2.00 bits per heavy atom. The molecule has 1 N–H and O–H groups in total. The van der Waals surface area contributed by atoms with Crippen LogP contribution < -0.4 is 16.6 Å². The van der Waals surface area contributed by atoms with E-state index in [-0.39, 0.29) is 17.4 Å². The van der Waals surface area contributed by atoms with Gasteiger partial charge in [0.15, 0.2) is 0 Å². The molecule has 6 heteroatoms. The van der Waals surface area contributed by atoms with Crippen LogP contribution in [0.15, 0.2) is 9.59 Å². The van der Waals surface area contributed by atoms with Gasteiger partial charge in [0.2, 0.25) is 5.82 Å². The van der Waals surface area contributed by atoms with Gasteiger partial charge in [-0.15, -0.1) is 5.10 Å². The van der Waals surface area contributed by atoms with Crippen molar-refractivity contribution >= 4 is 5.82 Å². The van der Waals surface area contributed by atoms with E-state index >= 15 is 0 Å². The van der Waals surface area contributed by atoms with E-state index in [0.29, 0.717) is 0 Å². The Kier molecular flexibility index (Phi) is 4.48. The number of aromatic nitrogens is 3. The molecule has 0 aliphatic rings. The minimum Gasteiger partial charge on any atom is -0.362 e. The molecule has 1 atom stereocenters. The Hall–Kier alpha value is -1.59. The molecule has 96 valence electrons. The molecule has 1 aromatic rings. The first-order valence-electron chi connectivity index (χ1n) is 5.88. The van der Waals surface area contributed by atoms with Gasteiger partial charge in [0, 0.05) is 20.1 Å². The van der Waals surface area contributed by atoms with Crippen molar-refractivity contribution in [3.05, 3.63) is 20.8 Å². The fraction of sp³-hybridized carbons (Fsp3) is 0.727. The lowest BCUT2D eigenvalue weighted by Gasteiger charge is -2.14. The lowest BCUT2D eigenvalue weighted by molar-refractivity contribution is 0.589. The number of nitrogens with one attached hydrogen (secondary N) is 1. The highest BCUT2D eigenvalue weighted by molar-refractivity contribution is 5.30. The standard InChI is InChI=1S/C11H20N4O2/c1-5-6-7-8(2)12-9-10(16)14(3)11(17)15(4)13-9/h8H,5-7H2,1-4H3,(H,12,13). The number of aryl methyl sites for hydroxylation is 1. The second-order valence-electron chi connectivity index (χ2n) is 4.31. The van der Waals surface area contributed by atoms with Crippen LogP contribution in [0.5, 0.6) is 0 Å². The van der Waals surface area contributed by atoms with Crippen LogP contribution in [0.25, 0.3) is 0 Å². The Bertz CT molecular complexity index is 489. The maximum atomic E-state index is 11.8. The van der Waals surface area contributed by atoms with E-state index < -0.39 is 5.69 Å². The third-order valence-corrected chi connectivity index (χ3v) is 2.69. The molecule has 1 unspecified atom stereocenters. The predicted molar refractivity (Wildman–Crippen MR) is 67.3 cm³/mol. The summed E-state index contributed by atoms with van der Waals surface area (Å²) in [6, 6.07) is 0.174. The van der Waals surface area contributed by atoms with Gasteiger partial charge in [-0.3, -0.25) is 9.36 Å². The minimum atomic E-state index is -0.415. The second kappa shape index (κ2) is 5.65. The molecule has 0 saturated heterocycles. The van der Waals surface area contributed by atoms with Crippen LogP contribution in [0.3, 0.4) is 0 Å². The van der Waals surface area contributed by atoms with Gasteiger partial charge >= 0.3 is 5.69 Å². The van der Waals surface area contributed by atoms with E-state index in [1.165, 1.54) is 14.1 Å². The topological polar surface area (TPSA) is 68.9 Å². The number of hydrogen-bond donors (Lipinski definition) is 1. The Labute approximate surface area is 100 Å². The van der Waals surface area contributed by atoms with Crippen molar-refractivity contribution in [2.45, 2.75) is 39.2 Å². The molecular formula is C11H20N4O2. The zero-order chi connectivity index (χ0) is 13.0. The SMILES string of the molecule is CCCCC(C)Nc1nn(C)c(=O)n(C)c1=O. The molecule has 0 aromatic carbocycles. The van der Waals surface area contributed by atoms with E-state index in [0.717, 1.165) is 28.5 Å². The summed E-state index contributed by atoms with van der Waals surface area (Å²) in [5.74, 6) is 0.234. The number of hydrogen-bond acceptors (Lipinski definition) is 4. The quantitative estimate of drug-likeness (QED) is 0.812. The highest BCUT2D eigenvalue weighted by Crippen LogP contribution is 2.03. The first kappa shape index (κ1) is 13.5. The van der Waals surface area contributed by atoms with Gasteiger partial charge in [0.25, 0.3) is 5.56 Å². The summed E-state index contributed by atoms with van der Waals surface area (Å²) in [5, 5.41) is 6.99. The molecule has 0 bridgehead atoms. The summed E-state index contributed by atoms with van der Waals surface area (Å²) >= 11 is 0. The molecule has 0 radical (unpaired) electrons. The van der Waals surface area contributed by atoms with E-state index in [2.05, 4.69) is 17.3 Å². The van der Waals surface area contributed by atoms with Crippen LogP contribution in [-0.2, 0) is 14.1 Å². The first-order chi connectivity index (χ1) is 7.97. The minimum absolute atomic E-state index is 0.174. The summed E-state index contributed by atoms with van der Waals surface area (Å²) in [4.78, 5) is 23.2. The number of nitrogens with zero attached hydrogens (tertiary/aromatic N) is 3. The molecule has 0 spiro atoms. The van der Waals surface area contributed by atoms with Crippen molar-refractivity contribution in [2.24, 2.45) is 14.1 Å². The molecule has 0 fully saturated rings. The highest BCUT2D eigenvalue weighted by atomic mass is 16.2. The van der Waals surface area contributed by atoms with Gasteiger partial charge < -0.3 is 5.32 Å². The van der Waals surface area contributed by atoms with Crippen LogP contribution in [0.4, 0.5) is 5.82 Å². The number of unbranched alkanes of at least 4 members (excludes halogenated alkanes) is 1. The molecule has 1 heterocycles. The van der Waals surface area contributed by atoms with Crippen molar-refractivity contribution in [1.82, 2.24) is 14.3 Å². The summed E-state index contributed by atoms with van der Waals surface area (Å²) in [6.45, 7) is 4.12. The van der Waals surface area contributed by atoms with E-state index in [1.54, 1.807) is 0 Å². The van der Waals surface area contributed by atoms with Crippen LogP contribution in [0, 0.1) is 0 Å². The summed E-state index contributed by atoms with van der Waals surface area (Å²) in [7, 11) is 2.98. The third-order valence-electron chi connectivity index (χ3n) is 2.69. The molecule has 17 heavy (non-hydrogen) atoms. The molecule has 0 amide bonds. The third kappa shape index (κ3) is 3.18. The molecule has 1 rings (SSSR count). The average molecular weight is 240 g/mol. The summed E-state index contributed by atoms with van der Waals surface area (Å²) in [5.41, 5.74) is -0.793. The second-order valence-corrected chi connectivity index (χ2v) is 4.31. The smallest absolute Gasteiger partial charge is 0.346 e. The molecular weight excluding hydrogens is 220 g/mol. The van der Waals surface area contributed by atoms with Gasteiger partial charge in [-0.25, -0.2) is 9.48 Å². The average Bonchev–Trinajstić information content (AvgIpc) is 2.30. The van der Waals surface area contributed by atoms with Crippen molar-refractivity contribution in [2.75, 3.05) is 5.32 Å². The maximum Gasteiger partial charge on any atom is 0.346 e. The normalized spacial score (nSPS) is 12.5. The first-order valence-corrected chi connectivity index (χ1v) is 5.88. The fourth-order valence-corrected chi connectivity index (χ4v) is 1.60. The van der Waals surface area contributed by atoms with Crippen LogP contribution in [-0.4, -0.2) is 20.4 Å². The Balaban J connectivity index is 2.93. The lowest BCUT2D eigenvalue weighted by atomic mass is 10.1. The van der Waals surface area contributed by atoms with Gasteiger partial charge in [-0.1, -0.05) is 19.8 Å². The van der Waals surface area contributed by atoms with Crippen molar-refractivity contribution in [1.29, 1.82) is 0 Å². The molecule has 6 nitrogen and oxygen atoms in total. The number of anilines is 1. The van der Waals surface area contributed by atoms with Crippen LogP contribution >= 0.6 is 0 Å². The van der Waals surface area contributed by atoms with Crippen LogP contribution in [0.2, 0.25) is 0 Å². The monoisotopic (exact) mass is 240 g/mol. The highest BCUT2D eigenvalue weighted by Gasteiger charge is 2.10. The van der Waals surface area contributed by atoms with E-state index in [9.17, 15) is 9.59 Å². The predicted octanol–water partition coefficient (Wildman–Crippen LogP) is 0.470. The zero-order valence-corrected chi connectivity index (χ0v) is 10.9. The molecule has 0 aliphatic heterocycles. The largest absolute Gasteiger partial charge is 0.362 e. The fourth-order valence-electron chi connectivity index (χ4n) is 1.60. The van der Waals surface area contributed by atoms with Gasteiger partial charge in [0.05, 0.1) is 0 Å². The van der Waals surface area contributed by atoms with Gasteiger partial charge in [-0.05, 0) is 13.3 Å². The Morgan fingerprint density at radius 1 is 1.35 bits per heavy atom. The number of rotatable bonds is 5. The molecule has 0 saturated carbocycles. The summed E-state index contributed by atoms with van der Waals surface area (Å²) in [6.07, 6.45) is 3.19. The van der Waals surface area contributed by atoms with E-state index in [1.807, 2.05) is 6.92 Å². The zero-order valence-electron chi connectivity index (χ0n) is 10.9. The summed E-state index contributed by atoms with van der Waals surface area (Å²) < 4.78 is 2.22. The van der Waals surface area contributed by atoms with Gasteiger partial charge in [-0.2, -0.15) is 0 Å². The molecule has 0 aliphatic carbocycles. The van der Waals surface area contributed by atoms with Crippen molar-refractivity contribution < 1.29 is 0 Å². The van der Waals surface area contributed by atoms with Gasteiger partial charge in [0.1, 0.15) is 0 Å². The maximum absolute atomic E-state index is 11.8. The molecule has 1 aromatic heterocycles. The van der Waals surface area contributed by atoms with Crippen molar-refractivity contribution in [3.8, 4) is 0 Å². The van der Waals surface area contributed by atoms with Crippen molar-refractivity contribution in [3.63, 3.8) is 0 Å². The Morgan fingerprint density at radius 3 is 2.59 bits per heavy atom. The van der Waals surface area contributed by atoms with Crippen LogP contribution in [0.1, 0.15) is 33.1 Å². The van der Waals surface area contributed by atoms with E-state index in [4.69, 9.17) is 0 Å².